The van der Waals surface area contributed by atoms with Crippen LogP contribution in [0.25, 0.3) is 0 Å². The number of benzene rings is 1. The molecule has 2 aromatic rings. The summed E-state index contributed by atoms with van der Waals surface area (Å²) in [5, 5.41) is 14.4. The Hall–Kier alpha value is -2.90. The summed E-state index contributed by atoms with van der Waals surface area (Å²) in [7, 11) is 0. The molecule has 0 radical (unpaired) electrons. The Morgan fingerprint density at radius 2 is 1.84 bits per heavy atom. The third-order valence-corrected chi connectivity index (χ3v) is 4.27. The second-order valence-corrected chi connectivity index (χ2v) is 6.71. The number of nitrogens with two attached hydrogens (primary N) is 1. The third-order valence-electron chi connectivity index (χ3n) is 4.27. The lowest BCUT2D eigenvalue weighted by molar-refractivity contribution is -0.383. The maximum atomic E-state index is 11.4. The first-order valence-electron chi connectivity index (χ1n) is 8.33. The van der Waals surface area contributed by atoms with E-state index in [4.69, 9.17) is 5.73 Å². The van der Waals surface area contributed by atoms with Crippen LogP contribution in [-0.4, -0.2) is 28.0 Å². The van der Waals surface area contributed by atoms with Gasteiger partial charge in [-0.1, -0.05) is 32.0 Å². The van der Waals surface area contributed by atoms with E-state index in [2.05, 4.69) is 34.0 Å². The number of hydrogen-bond donors (Lipinski definition) is 2. The van der Waals surface area contributed by atoms with Crippen LogP contribution in [0.1, 0.15) is 20.3 Å². The Balaban J connectivity index is 1.99. The predicted octanol–water partition coefficient (Wildman–Crippen LogP) is 3.19. The fraction of sp³-hybridized carbons (Fsp3) is 0.412. The summed E-state index contributed by atoms with van der Waals surface area (Å²) < 4.78 is 0. The minimum Gasteiger partial charge on any atom is -0.378 e. The molecular weight excluding hydrogens is 320 g/mol. The molecule has 0 unspecified atom stereocenters. The Labute approximate surface area is 146 Å². The number of nitro groups is 1. The van der Waals surface area contributed by atoms with Crippen LogP contribution in [0.15, 0.2) is 30.3 Å². The molecule has 8 nitrogen and oxygen atoms in total. The molecule has 0 amide bonds. The van der Waals surface area contributed by atoms with Crippen LogP contribution in [-0.2, 0) is 0 Å². The molecule has 3 rings (SSSR count). The average molecular weight is 342 g/mol. The van der Waals surface area contributed by atoms with Gasteiger partial charge in [0.05, 0.1) is 4.92 Å². The van der Waals surface area contributed by atoms with Gasteiger partial charge in [0.25, 0.3) is 0 Å². The highest BCUT2D eigenvalue weighted by Gasteiger charge is 2.28. The minimum absolute atomic E-state index is 0.115. The third kappa shape index (κ3) is 3.78. The molecule has 1 saturated heterocycles. The first-order chi connectivity index (χ1) is 11.9. The van der Waals surface area contributed by atoms with Gasteiger partial charge in [0, 0.05) is 18.8 Å². The molecular formula is C17H22N6O2. The van der Waals surface area contributed by atoms with Gasteiger partial charge in [-0.2, -0.15) is 9.97 Å². The smallest absolute Gasteiger partial charge is 0.353 e. The van der Waals surface area contributed by atoms with Gasteiger partial charge >= 0.3 is 5.69 Å². The Bertz CT molecular complexity index is 757. The van der Waals surface area contributed by atoms with Gasteiger partial charge in [0.15, 0.2) is 0 Å². The standard InChI is InChI=1S/C17H22N6O2/c1-11-8-12(2)10-22(9-11)17-20-15(18)14(23(24)25)16(21-17)19-13-6-4-3-5-7-13/h3-7,11-12H,8-10H2,1-2H3,(H3,18,19,20,21)/t11-,12-/m0/s1. The second-order valence-electron chi connectivity index (χ2n) is 6.71. The van der Waals surface area contributed by atoms with E-state index < -0.39 is 4.92 Å². The maximum absolute atomic E-state index is 11.4. The molecule has 0 saturated carbocycles. The first kappa shape index (κ1) is 16.9. The fourth-order valence-corrected chi connectivity index (χ4v) is 3.35. The number of piperidine rings is 1. The number of para-hydroxylation sites is 1. The summed E-state index contributed by atoms with van der Waals surface area (Å²) in [5.41, 5.74) is 6.30. The summed E-state index contributed by atoms with van der Waals surface area (Å²) in [6.45, 7) is 5.99. The fourth-order valence-electron chi connectivity index (χ4n) is 3.35. The lowest BCUT2D eigenvalue weighted by Gasteiger charge is -2.35. The van der Waals surface area contributed by atoms with Crippen molar-refractivity contribution in [2.24, 2.45) is 11.8 Å². The van der Waals surface area contributed by atoms with Crippen molar-refractivity contribution in [2.75, 3.05) is 29.0 Å². The molecule has 1 aromatic heterocycles. The number of nitrogen functional groups attached to an aromatic ring is 1. The SMILES string of the molecule is C[C@H]1C[C@H](C)CN(c2nc(N)c([N+](=O)[O-])c(Nc3ccccc3)n2)C1. The summed E-state index contributed by atoms with van der Waals surface area (Å²) in [4.78, 5) is 21.5. The number of rotatable bonds is 4. The van der Waals surface area contributed by atoms with E-state index in [1.54, 1.807) is 0 Å². The van der Waals surface area contributed by atoms with E-state index in [1.165, 1.54) is 0 Å². The maximum Gasteiger partial charge on any atom is 0.353 e. The highest BCUT2D eigenvalue weighted by molar-refractivity contribution is 5.74. The van der Waals surface area contributed by atoms with E-state index >= 15 is 0 Å². The van der Waals surface area contributed by atoms with Crippen LogP contribution in [0, 0.1) is 22.0 Å². The molecule has 2 heterocycles. The highest BCUT2D eigenvalue weighted by Crippen LogP contribution is 2.33. The van der Waals surface area contributed by atoms with Gasteiger partial charge in [0.1, 0.15) is 0 Å². The molecule has 1 fully saturated rings. The van der Waals surface area contributed by atoms with Crippen LogP contribution in [0.5, 0.6) is 0 Å². The zero-order valence-electron chi connectivity index (χ0n) is 14.3. The van der Waals surface area contributed by atoms with Crippen molar-refractivity contribution in [3.8, 4) is 0 Å². The molecule has 8 heteroatoms. The quantitative estimate of drug-likeness (QED) is 0.648. The minimum atomic E-state index is -0.550. The van der Waals surface area contributed by atoms with E-state index in [1.807, 2.05) is 30.3 Å². The van der Waals surface area contributed by atoms with E-state index in [9.17, 15) is 10.1 Å². The van der Waals surface area contributed by atoms with Crippen LogP contribution < -0.4 is 16.0 Å². The number of aromatic nitrogens is 2. The number of anilines is 4. The van der Waals surface area contributed by atoms with Crippen LogP contribution in [0.4, 0.5) is 29.0 Å². The van der Waals surface area contributed by atoms with Gasteiger partial charge in [0.2, 0.25) is 17.6 Å². The Kier molecular flexibility index (Phi) is 4.69. The van der Waals surface area contributed by atoms with Crippen molar-refractivity contribution < 1.29 is 4.92 Å². The summed E-state index contributed by atoms with van der Waals surface area (Å²) in [5.74, 6) is 1.44. The zero-order chi connectivity index (χ0) is 18.0. The van der Waals surface area contributed by atoms with Crippen molar-refractivity contribution in [1.82, 2.24) is 9.97 Å². The average Bonchev–Trinajstić information content (AvgIpc) is 2.54. The van der Waals surface area contributed by atoms with Gasteiger partial charge in [-0.3, -0.25) is 10.1 Å². The van der Waals surface area contributed by atoms with E-state index in [-0.39, 0.29) is 17.3 Å². The molecule has 3 N–H and O–H groups in total. The van der Waals surface area contributed by atoms with Crippen molar-refractivity contribution in [1.29, 1.82) is 0 Å². The first-order valence-corrected chi connectivity index (χ1v) is 8.33. The van der Waals surface area contributed by atoms with Crippen molar-refractivity contribution >= 4 is 29.0 Å². The number of nitrogens with one attached hydrogen (secondary N) is 1. The molecule has 1 aliphatic heterocycles. The lowest BCUT2D eigenvalue weighted by atomic mass is 9.92. The molecule has 0 bridgehead atoms. The van der Waals surface area contributed by atoms with E-state index in [0.29, 0.717) is 23.5 Å². The van der Waals surface area contributed by atoms with Gasteiger partial charge in [-0.05, 0) is 30.4 Å². The Morgan fingerprint density at radius 3 is 2.44 bits per heavy atom. The molecule has 1 aliphatic rings. The number of hydrogen-bond acceptors (Lipinski definition) is 7. The monoisotopic (exact) mass is 342 g/mol. The summed E-state index contributed by atoms with van der Waals surface area (Å²) >= 11 is 0. The van der Waals surface area contributed by atoms with Crippen molar-refractivity contribution in [3.63, 3.8) is 0 Å². The summed E-state index contributed by atoms with van der Waals surface area (Å²) in [6, 6.07) is 9.18. The topological polar surface area (TPSA) is 110 Å². The Morgan fingerprint density at radius 1 is 1.20 bits per heavy atom. The van der Waals surface area contributed by atoms with Crippen molar-refractivity contribution in [2.45, 2.75) is 20.3 Å². The highest BCUT2D eigenvalue weighted by atomic mass is 16.6. The van der Waals surface area contributed by atoms with Gasteiger partial charge < -0.3 is 16.0 Å². The van der Waals surface area contributed by atoms with Gasteiger partial charge in [-0.15, -0.1) is 0 Å². The second kappa shape index (κ2) is 6.92. The van der Waals surface area contributed by atoms with Crippen LogP contribution >= 0.6 is 0 Å². The van der Waals surface area contributed by atoms with Crippen LogP contribution in [0.3, 0.4) is 0 Å². The van der Waals surface area contributed by atoms with Crippen molar-refractivity contribution in [3.05, 3.63) is 40.4 Å². The zero-order valence-corrected chi connectivity index (χ0v) is 14.3. The largest absolute Gasteiger partial charge is 0.378 e. The predicted molar refractivity (Wildman–Crippen MR) is 98.0 cm³/mol. The summed E-state index contributed by atoms with van der Waals surface area (Å²) in [6.07, 6.45) is 1.15. The molecule has 25 heavy (non-hydrogen) atoms. The van der Waals surface area contributed by atoms with Crippen LogP contribution in [0.2, 0.25) is 0 Å². The van der Waals surface area contributed by atoms with Gasteiger partial charge in [-0.25, -0.2) is 0 Å². The molecule has 0 spiro atoms. The normalized spacial score (nSPS) is 20.3. The van der Waals surface area contributed by atoms with E-state index in [0.717, 1.165) is 19.5 Å². The molecule has 1 aromatic carbocycles. The molecule has 2 atom stereocenters. The number of nitrogens with zero attached hydrogens (tertiary/aromatic N) is 4. The lowest BCUT2D eigenvalue weighted by Crippen LogP contribution is -2.39. The molecule has 0 aliphatic carbocycles. The molecule has 132 valence electrons.